The summed E-state index contributed by atoms with van der Waals surface area (Å²) in [7, 11) is 3.12. The SMILES string of the molecule is CC.CCCc1ccc(OCc2ccc(OC/C(=N\OC)c3ccc(OC)cc3)cc2)cc1F.NOC=O. The molecule has 0 aliphatic heterocycles. The second-order valence-corrected chi connectivity index (χ2v) is 7.41. The zero-order valence-electron chi connectivity index (χ0n) is 22.6. The Morgan fingerprint density at radius 3 is 2.05 bits per heavy atom. The van der Waals surface area contributed by atoms with E-state index in [4.69, 9.17) is 23.8 Å². The number of methoxy groups -OCH3 is 1. The van der Waals surface area contributed by atoms with Crippen LogP contribution in [0.2, 0.25) is 0 Å². The molecule has 9 heteroatoms. The summed E-state index contributed by atoms with van der Waals surface area (Å²) in [6.07, 6.45) is 1.63. The lowest BCUT2D eigenvalue weighted by molar-refractivity contribution is -0.129. The monoisotopic (exact) mass is 528 g/mol. The number of oxime groups is 1. The maximum Gasteiger partial charge on any atom is 0.312 e. The van der Waals surface area contributed by atoms with Crippen LogP contribution in [0, 0.1) is 5.82 Å². The van der Waals surface area contributed by atoms with E-state index >= 15 is 0 Å². The van der Waals surface area contributed by atoms with E-state index in [1.54, 1.807) is 19.2 Å². The Morgan fingerprint density at radius 1 is 0.921 bits per heavy atom. The lowest BCUT2D eigenvalue weighted by atomic mass is 10.1. The van der Waals surface area contributed by atoms with Crippen LogP contribution in [0.4, 0.5) is 4.39 Å². The van der Waals surface area contributed by atoms with Crippen molar-refractivity contribution in [1.29, 1.82) is 0 Å². The van der Waals surface area contributed by atoms with Crippen LogP contribution in [0.3, 0.4) is 0 Å². The van der Waals surface area contributed by atoms with E-state index in [9.17, 15) is 4.39 Å². The van der Waals surface area contributed by atoms with E-state index in [2.05, 4.69) is 15.9 Å². The van der Waals surface area contributed by atoms with Crippen molar-refractivity contribution in [2.45, 2.75) is 40.2 Å². The van der Waals surface area contributed by atoms with Crippen LogP contribution in [0.1, 0.15) is 43.9 Å². The molecule has 0 aliphatic carbocycles. The minimum atomic E-state index is -0.224. The maximum atomic E-state index is 14.1. The van der Waals surface area contributed by atoms with Crippen molar-refractivity contribution < 1.29 is 33.1 Å². The highest BCUT2D eigenvalue weighted by atomic mass is 19.1. The summed E-state index contributed by atoms with van der Waals surface area (Å²) < 4.78 is 30.8. The van der Waals surface area contributed by atoms with Gasteiger partial charge in [0, 0.05) is 11.6 Å². The predicted octanol–water partition coefficient (Wildman–Crippen LogP) is 5.85. The summed E-state index contributed by atoms with van der Waals surface area (Å²) >= 11 is 0. The molecule has 38 heavy (non-hydrogen) atoms. The Labute approximate surface area is 224 Å². The van der Waals surface area contributed by atoms with Crippen LogP contribution >= 0.6 is 0 Å². The highest BCUT2D eigenvalue weighted by molar-refractivity contribution is 6.01. The summed E-state index contributed by atoms with van der Waals surface area (Å²) in [5.41, 5.74) is 3.22. The molecule has 0 amide bonds. The molecule has 0 saturated heterocycles. The molecule has 0 unspecified atom stereocenters. The summed E-state index contributed by atoms with van der Waals surface area (Å²) in [5, 5.41) is 4.07. The summed E-state index contributed by atoms with van der Waals surface area (Å²) in [4.78, 5) is 17.1. The van der Waals surface area contributed by atoms with Crippen LogP contribution in [-0.2, 0) is 27.5 Å². The Balaban J connectivity index is 0.00000110. The molecule has 0 aliphatic rings. The molecule has 0 heterocycles. The molecule has 3 rings (SSSR count). The van der Waals surface area contributed by atoms with E-state index < -0.39 is 0 Å². The predicted molar refractivity (Wildman–Crippen MR) is 146 cm³/mol. The third-order valence-corrected chi connectivity index (χ3v) is 4.93. The van der Waals surface area contributed by atoms with Crippen molar-refractivity contribution in [2.75, 3.05) is 20.8 Å². The molecule has 3 aromatic rings. The Morgan fingerprint density at radius 2 is 1.53 bits per heavy atom. The van der Waals surface area contributed by atoms with Gasteiger partial charge in [-0.05, 0) is 60.0 Å². The average Bonchev–Trinajstić information content (AvgIpc) is 2.97. The minimum Gasteiger partial charge on any atom is -0.497 e. The first-order valence-corrected chi connectivity index (χ1v) is 12.2. The number of hydrogen-bond acceptors (Lipinski definition) is 8. The number of benzene rings is 3. The van der Waals surface area contributed by atoms with Gasteiger partial charge in [0.25, 0.3) is 0 Å². The highest BCUT2D eigenvalue weighted by Gasteiger charge is 2.08. The van der Waals surface area contributed by atoms with Crippen molar-refractivity contribution in [3.63, 3.8) is 0 Å². The topological polar surface area (TPSA) is 102 Å². The molecular weight excluding hydrogens is 491 g/mol. The summed E-state index contributed by atoms with van der Waals surface area (Å²) in [6.45, 7) is 6.77. The number of carbonyl (C=O) groups excluding carboxylic acids is 1. The van der Waals surface area contributed by atoms with E-state index in [0.717, 1.165) is 29.7 Å². The van der Waals surface area contributed by atoms with Gasteiger partial charge < -0.3 is 23.9 Å². The van der Waals surface area contributed by atoms with Gasteiger partial charge >= 0.3 is 6.47 Å². The molecular formula is C29H37FN2O6. The summed E-state index contributed by atoms with van der Waals surface area (Å²) in [6, 6.07) is 20.1. The number of aryl methyl sites for hydroxylation is 1. The largest absolute Gasteiger partial charge is 0.497 e. The standard InChI is InChI=1S/C26H28FNO4.C2H6.CH3NO2/c1-4-5-20-8-15-24(16-25(20)27)31-17-19-6-11-23(12-7-19)32-18-26(28-30-3)21-9-13-22(29-2)14-10-21;1-2;2-4-1-3/h6-16H,4-5,17-18H2,1-3H3;1-2H3;1H,2H2/b28-26+;;. The second kappa shape index (κ2) is 19.1. The zero-order valence-corrected chi connectivity index (χ0v) is 22.6. The highest BCUT2D eigenvalue weighted by Crippen LogP contribution is 2.20. The van der Waals surface area contributed by atoms with Crippen molar-refractivity contribution in [1.82, 2.24) is 0 Å². The van der Waals surface area contributed by atoms with E-state index in [0.29, 0.717) is 29.4 Å². The third-order valence-electron chi connectivity index (χ3n) is 4.93. The number of hydrogen-bond donors (Lipinski definition) is 1. The van der Waals surface area contributed by atoms with Crippen molar-refractivity contribution in [3.05, 3.63) is 89.2 Å². The number of halogens is 1. The lowest BCUT2D eigenvalue weighted by Gasteiger charge is -2.11. The molecule has 0 fully saturated rings. The third kappa shape index (κ3) is 11.3. The van der Waals surface area contributed by atoms with Gasteiger partial charge in [0.1, 0.15) is 49.1 Å². The quantitative estimate of drug-likeness (QED) is 0.179. The van der Waals surface area contributed by atoms with Crippen molar-refractivity contribution in [3.8, 4) is 17.2 Å². The fourth-order valence-electron chi connectivity index (χ4n) is 3.15. The summed E-state index contributed by atoms with van der Waals surface area (Å²) in [5.74, 6) is 5.92. The average molecular weight is 529 g/mol. The molecule has 0 radical (unpaired) electrons. The molecule has 0 bridgehead atoms. The molecule has 0 spiro atoms. The van der Waals surface area contributed by atoms with Crippen LogP contribution in [-0.4, -0.2) is 33.0 Å². The van der Waals surface area contributed by atoms with Gasteiger partial charge in [-0.1, -0.05) is 50.5 Å². The number of ether oxygens (including phenoxy) is 3. The van der Waals surface area contributed by atoms with Crippen molar-refractivity contribution >= 4 is 12.2 Å². The van der Waals surface area contributed by atoms with Gasteiger partial charge in [-0.25, -0.2) is 4.39 Å². The lowest BCUT2D eigenvalue weighted by Crippen LogP contribution is -2.13. The number of nitrogens with two attached hydrogens (primary N) is 1. The van der Waals surface area contributed by atoms with Crippen molar-refractivity contribution in [2.24, 2.45) is 11.1 Å². The Kier molecular flexibility index (Phi) is 16.0. The van der Waals surface area contributed by atoms with E-state index in [1.807, 2.05) is 69.3 Å². The second-order valence-electron chi connectivity index (χ2n) is 7.41. The van der Waals surface area contributed by atoms with E-state index in [-0.39, 0.29) is 18.9 Å². The van der Waals surface area contributed by atoms with Crippen LogP contribution in [0.25, 0.3) is 0 Å². The Hall–Kier alpha value is -4.11. The zero-order chi connectivity index (χ0) is 28.2. The van der Waals surface area contributed by atoms with Gasteiger partial charge in [-0.15, -0.1) is 0 Å². The van der Waals surface area contributed by atoms with Gasteiger partial charge in [0.15, 0.2) is 0 Å². The number of rotatable bonds is 12. The first kappa shape index (κ1) is 31.9. The van der Waals surface area contributed by atoms with Gasteiger partial charge in [-0.2, -0.15) is 5.90 Å². The molecule has 206 valence electrons. The van der Waals surface area contributed by atoms with Gasteiger partial charge in [-0.3, -0.25) is 4.79 Å². The molecule has 0 saturated carbocycles. The molecule has 0 atom stereocenters. The van der Waals surface area contributed by atoms with Crippen LogP contribution < -0.4 is 20.1 Å². The fourth-order valence-corrected chi connectivity index (χ4v) is 3.15. The smallest absolute Gasteiger partial charge is 0.312 e. The molecule has 0 aromatic heterocycles. The first-order valence-electron chi connectivity index (χ1n) is 12.2. The van der Waals surface area contributed by atoms with Gasteiger partial charge in [0.2, 0.25) is 0 Å². The Bertz CT molecular complexity index is 1090. The van der Waals surface area contributed by atoms with Gasteiger partial charge in [0.05, 0.1) is 7.11 Å². The number of nitrogens with zero attached hydrogens (tertiary/aromatic N) is 1. The number of carbonyl (C=O) groups is 1. The fraction of sp³-hybridized carbons (Fsp3) is 0.310. The minimum absolute atomic E-state index is 0.153. The van der Waals surface area contributed by atoms with Crippen LogP contribution in [0.5, 0.6) is 17.2 Å². The van der Waals surface area contributed by atoms with Crippen LogP contribution in [0.15, 0.2) is 71.9 Å². The first-order chi connectivity index (χ1) is 18.5. The molecule has 8 nitrogen and oxygen atoms in total. The molecule has 2 N–H and O–H groups in total. The molecule has 3 aromatic carbocycles. The normalized spacial score (nSPS) is 10.1. The maximum absolute atomic E-state index is 14.1. The van der Waals surface area contributed by atoms with E-state index in [1.165, 1.54) is 13.2 Å².